The second-order valence-corrected chi connectivity index (χ2v) is 6.68. The van der Waals surface area contributed by atoms with Crippen LogP contribution in [0.3, 0.4) is 0 Å². The number of aliphatic hydroxyl groups is 1. The molecule has 3 rings (SSSR count). The third kappa shape index (κ3) is 5.01. The van der Waals surface area contributed by atoms with E-state index in [4.69, 9.17) is 14.2 Å². The molecule has 5 heteroatoms. The summed E-state index contributed by atoms with van der Waals surface area (Å²) in [5.74, 6) is 0.0713. The van der Waals surface area contributed by atoms with Crippen LogP contribution in [0.1, 0.15) is 43.2 Å². The number of carbonyl (C=O) groups is 1. The van der Waals surface area contributed by atoms with Gasteiger partial charge in [-0.25, -0.2) is 0 Å². The van der Waals surface area contributed by atoms with Crippen molar-refractivity contribution in [2.75, 3.05) is 13.2 Å². The molecule has 1 aliphatic heterocycles. The van der Waals surface area contributed by atoms with Gasteiger partial charge in [0, 0.05) is 0 Å². The van der Waals surface area contributed by atoms with Gasteiger partial charge in [-0.15, -0.1) is 0 Å². The van der Waals surface area contributed by atoms with Crippen molar-refractivity contribution in [1.82, 2.24) is 0 Å². The van der Waals surface area contributed by atoms with E-state index in [1.54, 1.807) is 18.2 Å². The molecule has 0 saturated carbocycles. The Morgan fingerprint density at radius 2 is 1.85 bits per heavy atom. The van der Waals surface area contributed by atoms with Crippen LogP contribution < -0.4 is 9.47 Å². The third-order valence-corrected chi connectivity index (χ3v) is 4.64. The summed E-state index contributed by atoms with van der Waals surface area (Å²) in [6.45, 7) is 3.22. The van der Waals surface area contributed by atoms with Crippen molar-refractivity contribution in [2.45, 2.75) is 44.8 Å². The number of benzene rings is 2. The van der Waals surface area contributed by atoms with E-state index in [9.17, 15) is 9.90 Å². The number of ether oxygens (including phenoxy) is 3. The fourth-order valence-electron chi connectivity index (χ4n) is 3.17. The van der Waals surface area contributed by atoms with Gasteiger partial charge in [0.15, 0.2) is 11.5 Å². The Hall–Kier alpha value is -2.53. The van der Waals surface area contributed by atoms with Gasteiger partial charge in [0.05, 0.1) is 6.10 Å². The Labute approximate surface area is 159 Å². The van der Waals surface area contributed by atoms with Gasteiger partial charge in [0.2, 0.25) is 0 Å². The lowest BCUT2D eigenvalue weighted by Crippen LogP contribution is -2.28. The highest BCUT2D eigenvalue weighted by Crippen LogP contribution is 2.35. The maximum absolute atomic E-state index is 12.8. The lowest BCUT2D eigenvalue weighted by atomic mass is 9.90. The highest BCUT2D eigenvalue weighted by Gasteiger charge is 2.31. The lowest BCUT2D eigenvalue weighted by molar-refractivity contribution is -0.149. The summed E-state index contributed by atoms with van der Waals surface area (Å²) in [4.78, 5) is 12.8. The van der Waals surface area contributed by atoms with Crippen LogP contribution in [0.15, 0.2) is 48.5 Å². The highest BCUT2D eigenvalue weighted by atomic mass is 16.6. The van der Waals surface area contributed by atoms with Gasteiger partial charge < -0.3 is 19.3 Å². The van der Waals surface area contributed by atoms with E-state index in [0.29, 0.717) is 36.7 Å². The zero-order valence-electron chi connectivity index (χ0n) is 15.6. The Bertz CT molecular complexity index is 744. The number of rotatable bonds is 8. The first-order chi connectivity index (χ1) is 13.2. The van der Waals surface area contributed by atoms with Crippen LogP contribution in [-0.4, -0.2) is 30.4 Å². The number of carbonyl (C=O) groups excluding carboxylic acids is 1. The molecule has 2 aromatic rings. The van der Waals surface area contributed by atoms with Crippen LogP contribution in [0.2, 0.25) is 0 Å². The van der Waals surface area contributed by atoms with Crippen molar-refractivity contribution in [3.8, 4) is 11.5 Å². The summed E-state index contributed by atoms with van der Waals surface area (Å²) in [7, 11) is 0. The molecule has 0 amide bonds. The first kappa shape index (κ1) is 19.2. The zero-order valence-corrected chi connectivity index (χ0v) is 15.6. The predicted molar refractivity (Wildman–Crippen MR) is 102 cm³/mol. The molecule has 144 valence electrons. The maximum atomic E-state index is 12.8. The molecule has 2 unspecified atom stereocenters. The normalized spacial score (nSPS) is 15.0. The van der Waals surface area contributed by atoms with Crippen LogP contribution in [0.25, 0.3) is 0 Å². The van der Waals surface area contributed by atoms with E-state index < -0.39 is 18.0 Å². The molecule has 1 heterocycles. The minimum absolute atomic E-state index is 0.182. The van der Waals surface area contributed by atoms with Crippen molar-refractivity contribution in [3.63, 3.8) is 0 Å². The average Bonchev–Trinajstić information content (AvgIpc) is 2.71. The summed E-state index contributed by atoms with van der Waals surface area (Å²) < 4.78 is 16.7. The van der Waals surface area contributed by atoms with Crippen molar-refractivity contribution < 1.29 is 24.1 Å². The van der Waals surface area contributed by atoms with E-state index >= 15 is 0 Å². The van der Waals surface area contributed by atoms with Gasteiger partial charge in [-0.2, -0.15) is 0 Å². The standard InChI is InChI=1S/C22H26O5/c1-2-3-9-18(23)21(22(24)27-15-16-7-5-4-6-8-16)17-10-11-19-20(14-17)26-13-12-25-19/h4-8,10-11,14,18,21,23H,2-3,9,12-13,15H2,1H3. The first-order valence-corrected chi connectivity index (χ1v) is 9.47. The smallest absolute Gasteiger partial charge is 0.316 e. The molecule has 0 aromatic heterocycles. The van der Waals surface area contributed by atoms with Gasteiger partial charge in [0.1, 0.15) is 25.7 Å². The Morgan fingerprint density at radius 3 is 2.59 bits per heavy atom. The summed E-state index contributed by atoms with van der Waals surface area (Å²) in [6, 6.07) is 14.9. The predicted octanol–water partition coefficient (Wildman–Crippen LogP) is 3.84. The van der Waals surface area contributed by atoms with Crippen LogP contribution in [0.5, 0.6) is 11.5 Å². The molecule has 1 aliphatic rings. The van der Waals surface area contributed by atoms with E-state index in [1.165, 1.54) is 0 Å². The fourth-order valence-corrected chi connectivity index (χ4v) is 3.17. The molecule has 0 saturated heterocycles. The zero-order chi connectivity index (χ0) is 19.1. The van der Waals surface area contributed by atoms with Crippen molar-refractivity contribution in [2.24, 2.45) is 0 Å². The summed E-state index contributed by atoms with van der Waals surface area (Å²) in [5, 5.41) is 10.7. The van der Waals surface area contributed by atoms with Gasteiger partial charge in [-0.05, 0) is 29.7 Å². The minimum atomic E-state index is -0.809. The molecule has 27 heavy (non-hydrogen) atoms. The van der Waals surface area contributed by atoms with E-state index in [1.807, 2.05) is 30.3 Å². The van der Waals surface area contributed by atoms with Gasteiger partial charge in [0.25, 0.3) is 0 Å². The number of hydrogen-bond acceptors (Lipinski definition) is 5. The monoisotopic (exact) mass is 370 g/mol. The van der Waals surface area contributed by atoms with E-state index in [2.05, 4.69) is 6.92 Å². The molecule has 0 bridgehead atoms. The molecule has 2 aromatic carbocycles. The molecular formula is C22H26O5. The van der Waals surface area contributed by atoms with Crippen molar-refractivity contribution in [1.29, 1.82) is 0 Å². The van der Waals surface area contributed by atoms with Crippen LogP contribution in [0, 0.1) is 0 Å². The average molecular weight is 370 g/mol. The van der Waals surface area contributed by atoms with Gasteiger partial charge in [-0.3, -0.25) is 4.79 Å². The number of aliphatic hydroxyl groups excluding tert-OH is 1. The SMILES string of the molecule is CCCCC(O)C(C(=O)OCc1ccccc1)c1ccc2c(c1)OCCO2. The Morgan fingerprint density at radius 1 is 1.11 bits per heavy atom. The van der Waals surface area contributed by atoms with E-state index in [-0.39, 0.29) is 6.61 Å². The van der Waals surface area contributed by atoms with Crippen LogP contribution in [0.4, 0.5) is 0 Å². The Balaban J connectivity index is 1.78. The lowest BCUT2D eigenvalue weighted by Gasteiger charge is -2.24. The van der Waals surface area contributed by atoms with Crippen LogP contribution in [-0.2, 0) is 16.1 Å². The summed E-state index contributed by atoms with van der Waals surface area (Å²) in [6.07, 6.45) is 1.52. The molecule has 1 N–H and O–H groups in total. The fraction of sp³-hybridized carbons (Fsp3) is 0.409. The molecule has 2 atom stereocenters. The second-order valence-electron chi connectivity index (χ2n) is 6.68. The van der Waals surface area contributed by atoms with Crippen LogP contribution >= 0.6 is 0 Å². The number of fused-ring (bicyclic) bond motifs is 1. The van der Waals surface area contributed by atoms with E-state index in [0.717, 1.165) is 18.4 Å². The summed E-state index contributed by atoms with van der Waals surface area (Å²) >= 11 is 0. The van der Waals surface area contributed by atoms with Gasteiger partial charge in [-0.1, -0.05) is 56.2 Å². The Kier molecular flexibility index (Phi) is 6.71. The maximum Gasteiger partial charge on any atom is 0.316 e. The second kappa shape index (κ2) is 9.42. The molecule has 0 spiro atoms. The first-order valence-electron chi connectivity index (χ1n) is 9.47. The number of esters is 1. The van der Waals surface area contributed by atoms with Crippen molar-refractivity contribution >= 4 is 5.97 Å². The quantitative estimate of drug-likeness (QED) is 0.716. The molecule has 5 nitrogen and oxygen atoms in total. The molecule has 0 aliphatic carbocycles. The van der Waals surface area contributed by atoms with Crippen molar-refractivity contribution in [3.05, 3.63) is 59.7 Å². The topological polar surface area (TPSA) is 65.0 Å². The minimum Gasteiger partial charge on any atom is -0.486 e. The number of unbranched alkanes of at least 4 members (excludes halogenated alkanes) is 1. The molecule has 0 fully saturated rings. The molecular weight excluding hydrogens is 344 g/mol. The number of hydrogen-bond donors (Lipinski definition) is 1. The van der Waals surface area contributed by atoms with Gasteiger partial charge >= 0.3 is 5.97 Å². The largest absolute Gasteiger partial charge is 0.486 e. The molecule has 0 radical (unpaired) electrons. The summed E-state index contributed by atoms with van der Waals surface area (Å²) in [5.41, 5.74) is 1.59. The highest BCUT2D eigenvalue weighted by molar-refractivity contribution is 5.79. The third-order valence-electron chi connectivity index (χ3n) is 4.64.